The Morgan fingerprint density at radius 3 is 2.34 bits per heavy atom. The van der Waals surface area contributed by atoms with E-state index in [1.807, 2.05) is 36.0 Å². The molecule has 0 unspecified atom stereocenters. The second-order valence-electron chi connectivity index (χ2n) is 6.35. The highest BCUT2D eigenvalue weighted by molar-refractivity contribution is 14.0. The molecule has 0 amide bonds. The summed E-state index contributed by atoms with van der Waals surface area (Å²) in [6, 6.07) is 7.58. The largest absolute Gasteiger partial charge is 0.497 e. The summed E-state index contributed by atoms with van der Waals surface area (Å²) in [7, 11) is 3.66. The van der Waals surface area contributed by atoms with Gasteiger partial charge in [-0.25, -0.2) is 4.99 Å². The lowest BCUT2D eigenvalue weighted by atomic mass is 10.1. The average molecular weight is 515 g/mol. The van der Waals surface area contributed by atoms with Gasteiger partial charge in [-0.3, -0.25) is 4.68 Å². The fourth-order valence-corrected chi connectivity index (χ4v) is 3.08. The van der Waals surface area contributed by atoms with E-state index in [2.05, 4.69) is 36.5 Å². The van der Waals surface area contributed by atoms with E-state index in [9.17, 15) is 0 Å². The SMILES string of the molecule is CCNC(=NCc1c(CC)nn(C)c1CC)NCCOc1ccc(OC)cc1.I. The molecule has 0 spiro atoms. The van der Waals surface area contributed by atoms with Crippen LogP contribution < -0.4 is 20.1 Å². The molecule has 1 aromatic heterocycles. The Balaban J connectivity index is 0.00000420. The molecule has 1 aromatic carbocycles. The van der Waals surface area contributed by atoms with Crippen LogP contribution in [0.2, 0.25) is 0 Å². The molecule has 2 rings (SSSR count). The van der Waals surface area contributed by atoms with Crippen molar-refractivity contribution in [3.63, 3.8) is 0 Å². The third-order valence-corrected chi connectivity index (χ3v) is 4.49. The molecule has 0 aliphatic heterocycles. The van der Waals surface area contributed by atoms with E-state index in [1.54, 1.807) is 7.11 Å². The number of guanidine groups is 1. The highest BCUT2D eigenvalue weighted by Crippen LogP contribution is 2.17. The van der Waals surface area contributed by atoms with E-state index in [1.165, 1.54) is 11.3 Å². The van der Waals surface area contributed by atoms with E-state index >= 15 is 0 Å². The number of hydrogen-bond acceptors (Lipinski definition) is 4. The van der Waals surface area contributed by atoms with Gasteiger partial charge in [0.2, 0.25) is 0 Å². The molecular weight excluding hydrogens is 481 g/mol. The maximum atomic E-state index is 5.76. The van der Waals surface area contributed by atoms with Crippen LogP contribution in [0.4, 0.5) is 0 Å². The van der Waals surface area contributed by atoms with Crippen molar-refractivity contribution in [3.05, 3.63) is 41.2 Å². The van der Waals surface area contributed by atoms with Crippen LogP contribution >= 0.6 is 24.0 Å². The summed E-state index contributed by atoms with van der Waals surface area (Å²) >= 11 is 0. The number of halogens is 1. The normalized spacial score (nSPS) is 11.0. The van der Waals surface area contributed by atoms with Gasteiger partial charge in [-0.1, -0.05) is 13.8 Å². The maximum Gasteiger partial charge on any atom is 0.191 e. The third-order valence-electron chi connectivity index (χ3n) is 4.49. The summed E-state index contributed by atoms with van der Waals surface area (Å²) < 4.78 is 12.9. The number of hydrogen-bond donors (Lipinski definition) is 2. The summed E-state index contributed by atoms with van der Waals surface area (Å²) in [4.78, 5) is 4.75. The number of aliphatic imine (C=N–C) groups is 1. The number of ether oxygens (including phenoxy) is 2. The first kappa shape index (κ1) is 25.1. The molecule has 0 fully saturated rings. The van der Waals surface area contributed by atoms with Gasteiger partial charge >= 0.3 is 0 Å². The van der Waals surface area contributed by atoms with E-state index in [0.29, 0.717) is 19.7 Å². The number of methoxy groups -OCH3 is 1. The van der Waals surface area contributed by atoms with Crippen molar-refractivity contribution in [3.8, 4) is 11.5 Å². The fraction of sp³-hybridized carbons (Fsp3) is 0.524. The molecule has 2 aromatic rings. The van der Waals surface area contributed by atoms with Gasteiger partial charge < -0.3 is 20.1 Å². The van der Waals surface area contributed by atoms with Crippen LogP contribution in [0.1, 0.15) is 37.7 Å². The highest BCUT2D eigenvalue weighted by Gasteiger charge is 2.13. The van der Waals surface area contributed by atoms with Crippen molar-refractivity contribution < 1.29 is 9.47 Å². The van der Waals surface area contributed by atoms with Crippen LogP contribution in [0.3, 0.4) is 0 Å². The number of aryl methyl sites for hydroxylation is 2. The number of nitrogens with one attached hydrogen (secondary N) is 2. The minimum Gasteiger partial charge on any atom is -0.497 e. The maximum absolute atomic E-state index is 5.76. The zero-order valence-corrected chi connectivity index (χ0v) is 20.4. The first-order valence-electron chi connectivity index (χ1n) is 9.95. The molecule has 0 aliphatic carbocycles. The van der Waals surface area contributed by atoms with Crippen molar-refractivity contribution in [2.45, 2.75) is 40.2 Å². The molecule has 0 atom stereocenters. The summed E-state index contributed by atoms with van der Waals surface area (Å²) in [6.45, 7) is 8.98. The van der Waals surface area contributed by atoms with Crippen LogP contribution in [-0.2, 0) is 26.4 Å². The molecule has 29 heavy (non-hydrogen) atoms. The molecule has 0 aliphatic rings. The van der Waals surface area contributed by atoms with E-state index < -0.39 is 0 Å². The molecule has 2 N–H and O–H groups in total. The van der Waals surface area contributed by atoms with Crippen LogP contribution in [0.25, 0.3) is 0 Å². The third kappa shape index (κ3) is 7.41. The first-order chi connectivity index (χ1) is 13.6. The zero-order chi connectivity index (χ0) is 20.4. The molecular formula is C21H34IN5O2. The lowest BCUT2D eigenvalue weighted by molar-refractivity contribution is 0.321. The Labute approximate surface area is 191 Å². The summed E-state index contributed by atoms with van der Waals surface area (Å²) in [6.07, 6.45) is 1.87. The zero-order valence-electron chi connectivity index (χ0n) is 18.1. The summed E-state index contributed by atoms with van der Waals surface area (Å²) in [5.41, 5.74) is 3.61. The minimum absolute atomic E-state index is 0. The van der Waals surface area contributed by atoms with Crippen molar-refractivity contribution >= 4 is 29.9 Å². The summed E-state index contributed by atoms with van der Waals surface area (Å²) in [5, 5.41) is 11.2. The van der Waals surface area contributed by atoms with Gasteiger partial charge in [0.15, 0.2) is 5.96 Å². The van der Waals surface area contributed by atoms with Crippen LogP contribution in [0, 0.1) is 0 Å². The Bertz CT molecular complexity index is 759. The van der Waals surface area contributed by atoms with E-state index in [4.69, 9.17) is 14.5 Å². The molecule has 7 nitrogen and oxygen atoms in total. The van der Waals surface area contributed by atoms with Crippen molar-refractivity contribution in [1.82, 2.24) is 20.4 Å². The first-order valence-corrected chi connectivity index (χ1v) is 9.95. The molecule has 0 saturated carbocycles. The van der Waals surface area contributed by atoms with Gasteiger partial charge in [0.25, 0.3) is 0 Å². The van der Waals surface area contributed by atoms with E-state index in [0.717, 1.165) is 42.5 Å². The van der Waals surface area contributed by atoms with Gasteiger partial charge in [-0.05, 0) is 44.0 Å². The molecule has 0 bridgehead atoms. The highest BCUT2D eigenvalue weighted by atomic mass is 127. The monoisotopic (exact) mass is 515 g/mol. The van der Waals surface area contributed by atoms with Crippen molar-refractivity contribution in [1.29, 1.82) is 0 Å². The van der Waals surface area contributed by atoms with Crippen LogP contribution in [0.15, 0.2) is 29.3 Å². The Morgan fingerprint density at radius 1 is 1.07 bits per heavy atom. The predicted molar refractivity (Wildman–Crippen MR) is 129 cm³/mol. The van der Waals surface area contributed by atoms with Gasteiger partial charge in [0.05, 0.1) is 25.9 Å². The second kappa shape index (κ2) is 13.3. The van der Waals surface area contributed by atoms with Crippen molar-refractivity contribution in [2.24, 2.45) is 12.0 Å². The number of aromatic nitrogens is 2. The number of rotatable bonds is 10. The molecule has 0 radical (unpaired) electrons. The number of benzene rings is 1. The fourth-order valence-electron chi connectivity index (χ4n) is 3.08. The molecule has 162 valence electrons. The van der Waals surface area contributed by atoms with Gasteiger partial charge in [0, 0.05) is 24.8 Å². The summed E-state index contributed by atoms with van der Waals surface area (Å²) in [5.74, 6) is 2.43. The van der Waals surface area contributed by atoms with Crippen LogP contribution in [0.5, 0.6) is 11.5 Å². The lowest BCUT2D eigenvalue weighted by Gasteiger charge is -2.12. The average Bonchev–Trinajstić information content (AvgIpc) is 3.04. The van der Waals surface area contributed by atoms with Crippen molar-refractivity contribution in [2.75, 3.05) is 26.8 Å². The molecule has 1 heterocycles. The van der Waals surface area contributed by atoms with Gasteiger partial charge in [-0.2, -0.15) is 5.10 Å². The predicted octanol–water partition coefficient (Wildman–Crippen LogP) is 3.31. The smallest absolute Gasteiger partial charge is 0.191 e. The quantitative estimate of drug-likeness (QED) is 0.220. The second-order valence-corrected chi connectivity index (χ2v) is 6.35. The molecule has 8 heteroatoms. The minimum atomic E-state index is 0. The van der Waals surface area contributed by atoms with Gasteiger partial charge in [-0.15, -0.1) is 24.0 Å². The topological polar surface area (TPSA) is 72.7 Å². The Hall–Kier alpha value is -1.97. The standard InChI is InChI=1S/C21H33N5O2.HI/c1-6-19-18(20(7-2)26(4)25-19)15-24-21(22-8-3)23-13-14-28-17-11-9-16(27-5)10-12-17;/h9-12H,6-8,13-15H2,1-5H3,(H2,22,23,24);1H. The Morgan fingerprint density at radius 2 is 1.76 bits per heavy atom. The number of nitrogens with zero attached hydrogens (tertiary/aromatic N) is 3. The van der Waals surface area contributed by atoms with Gasteiger partial charge in [0.1, 0.15) is 18.1 Å². The Kier molecular flexibility index (Phi) is 11.5. The van der Waals surface area contributed by atoms with E-state index in [-0.39, 0.29) is 24.0 Å². The molecule has 0 saturated heterocycles. The van der Waals surface area contributed by atoms with Crippen LogP contribution in [-0.4, -0.2) is 42.5 Å². The lowest BCUT2D eigenvalue weighted by Crippen LogP contribution is -2.39.